The van der Waals surface area contributed by atoms with E-state index in [0.717, 1.165) is 20.0 Å². The molecule has 2 amide bonds. The highest BCUT2D eigenvalue weighted by molar-refractivity contribution is 7.19. The smallest absolute Gasteiger partial charge is 0.415 e. The zero-order valence-electron chi connectivity index (χ0n) is 23.7. The number of nitrogens with zero attached hydrogens (tertiary/aromatic N) is 3. The van der Waals surface area contributed by atoms with Crippen LogP contribution in [-0.4, -0.2) is 52.8 Å². The van der Waals surface area contributed by atoms with Crippen LogP contribution in [0.25, 0.3) is 10.2 Å². The van der Waals surface area contributed by atoms with Gasteiger partial charge in [-0.3, -0.25) is 4.90 Å². The number of hydrogen-bond donors (Lipinski definition) is 1. The van der Waals surface area contributed by atoms with Gasteiger partial charge in [0.1, 0.15) is 16.7 Å². The Labute approximate surface area is 240 Å². The van der Waals surface area contributed by atoms with Crippen LogP contribution in [0.5, 0.6) is 0 Å². The highest BCUT2D eigenvalue weighted by Crippen LogP contribution is 2.38. The number of aromatic nitrogens is 2. The minimum Gasteiger partial charge on any atom is -0.444 e. The maximum atomic E-state index is 13.3. The van der Waals surface area contributed by atoms with Crippen molar-refractivity contribution in [3.8, 4) is 0 Å². The summed E-state index contributed by atoms with van der Waals surface area (Å²) in [5, 5.41) is 13.2. The van der Waals surface area contributed by atoms with Crippen LogP contribution in [-0.2, 0) is 27.2 Å². The Morgan fingerprint density at radius 1 is 1.12 bits per heavy atom. The van der Waals surface area contributed by atoms with Gasteiger partial charge in [-0.1, -0.05) is 6.07 Å². The fourth-order valence-corrected chi connectivity index (χ4v) is 5.81. The van der Waals surface area contributed by atoms with Crippen LogP contribution >= 0.6 is 22.7 Å². The number of carbonyl (C=O) groups excluding carboxylic acids is 2. The van der Waals surface area contributed by atoms with E-state index in [2.05, 4.69) is 20.3 Å². The molecular weight excluding hydrogens is 562 g/mol. The molecule has 1 atom stereocenters. The molecule has 0 aromatic carbocycles. The molecule has 0 radical (unpaired) electrons. The highest BCUT2D eigenvalue weighted by atomic mass is 32.1. The van der Waals surface area contributed by atoms with Crippen LogP contribution in [0.15, 0.2) is 23.7 Å². The minimum absolute atomic E-state index is 0.137. The van der Waals surface area contributed by atoms with Gasteiger partial charge < -0.3 is 19.5 Å². The molecule has 3 heterocycles. The highest BCUT2D eigenvalue weighted by Gasteiger charge is 2.28. The van der Waals surface area contributed by atoms with E-state index in [1.807, 2.05) is 24.4 Å². The summed E-state index contributed by atoms with van der Waals surface area (Å²) in [5.74, 6) is 0. The lowest BCUT2D eigenvalue weighted by Crippen LogP contribution is -2.40. The van der Waals surface area contributed by atoms with E-state index in [1.165, 1.54) is 28.9 Å². The Kier molecular flexibility index (Phi) is 10.4. The Morgan fingerprint density at radius 3 is 2.42 bits per heavy atom. The van der Waals surface area contributed by atoms with Crippen LogP contribution in [0.4, 0.5) is 24.1 Å². The minimum atomic E-state index is -2.91. The standard InChI is InChI=1S/C27H36F2N4O5S2/c1-16-20(13-17(10-11-36-23(28)29)31-24(34)37-26(2,3)4)40-22-19(14-30-32-21(16)22)33(15-18-9-8-12-39-18)25(35)38-27(5,6)7/h8-9,12,14,17,23H,10-11,13,15H2,1-7H3,(H,31,34). The molecule has 0 fully saturated rings. The molecule has 13 heteroatoms. The Bertz CT molecular complexity index is 1290. The van der Waals surface area contributed by atoms with Crippen molar-refractivity contribution in [2.45, 2.75) is 91.7 Å². The predicted molar refractivity (Wildman–Crippen MR) is 152 cm³/mol. The van der Waals surface area contributed by atoms with Gasteiger partial charge >= 0.3 is 18.8 Å². The summed E-state index contributed by atoms with van der Waals surface area (Å²) in [6.07, 6.45) is 0.817. The van der Waals surface area contributed by atoms with E-state index in [-0.39, 0.29) is 19.6 Å². The number of amides is 2. The van der Waals surface area contributed by atoms with Gasteiger partial charge in [-0.2, -0.15) is 13.9 Å². The maximum Gasteiger partial charge on any atom is 0.415 e. The number of ether oxygens (including phenoxy) is 3. The van der Waals surface area contributed by atoms with E-state index >= 15 is 0 Å². The number of halogens is 2. The van der Waals surface area contributed by atoms with Crippen molar-refractivity contribution in [2.75, 3.05) is 11.5 Å². The second-order valence-electron chi connectivity index (χ2n) is 11.2. The van der Waals surface area contributed by atoms with Gasteiger partial charge in [-0.25, -0.2) is 9.59 Å². The summed E-state index contributed by atoms with van der Waals surface area (Å²) in [7, 11) is 0. The molecule has 220 valence electrons. The number of alkyl halides is 2. The summed E-state index contributed by atoms with van der Waals surface area (Å²) in [5.41, 5.74) is 0.545. The van der Waals surface area contributed by atoms with Crippen LogP contribution in [0.2, 0.25) is 0 Å². The number of aryl methyl sites for hydroxylation is 1. The van der Waals surface area contributed by atoms with Crippen molar-refractivity contribution >= 4 is 50.8 Å². The number of thiophene rings is 2. The predicted octanol–water partition coefficient (Wildman–Crippen LogP) is 7.07. The van der Waals surface area contributed by atoms with Crippen LogP contribution < -0.4 is 10.2 Å². The molecule has 1 unspecified atom stereocenters. The lowest BCUT2D eigenvalue weighted by molar-refractivity contribution is -0.130. The molecular formula is C27H36F2N4O5S2. The first-order chi connectivity index (χ1) is 18.6. The van der Waals surface area contributed by atoms with Crippen molar-refractivity contribution in [3.63, 3.8) is 0 Å². The average molecular weight is 599 g/mol. The summed E-state index contributed by atoms with van der Waals surface area (Å²) in [4.78, 5) is 29.2. The van der Waals surface area contributed by atoms with Crippen molar-refractivity contribution in [1.29, 1.82) is 0 Å². The van der Waals surface area contributed by atoms with Gasteiger partial charge in [0.2, 0.25) is 0 Å². The number of fused-ring (bicyclic) bond motifs is 1. The van der Waals surface area contributed by atoms with Crippen LogP contribution in [0, 0.1) is 6.92 Å². The molecule has 0 saturated carbocycles. The molecule has 0 bridgehead atoms. The number of carbonyl (C=O) groups is 2. The summed E-state index contributed by atoms with van der Waals surface area (Å²) < 4.78 is 41.5. The van der Waals surface area contributed by atoms with Gasteiger partial charge in [0.25, 0.3) is 0 Å². The van der Waals surface area contributed by atoms with Gasteiger partial charge in [0, 0.05) is 22.2 Å². The largest absolute Gasteiger partial charge is 0.444 e. The van der Waals surface area contributed by atoms with Crippen molar-refractivity contribution in [1.82, 2.24) is 15.5 Å². The lowest BCUT2D eigenvalue weighted by atomic mass is 10.1. The third kappa shape index (κ3) is 9.34. The lowest BCUT2D eigenvalue weighted by Gasteiger charge is -2.27. The molecule has 0 saturated heterocycles. The summed E-state index contributed by atoms with van der Waals surface area (Å²) >= 11 is 2.93. The van der Waals surface area contributed by atoms with Crippen LogP contribution in [0.3, 0.4) is 0 Å². The first-order valence-electron chi connectivity index (χ1n) is 12.8. The number of anilines is 1. The molecule has 1 N–H and O–H groups in total. The van der Waals surface area contributed by atoms with Crippen molar-refractivity contribution in [2.24, 2.45) is 0 Å². The topological polar surface area (TPSA) is 103 Å². The zero-order valence-corrected chi connectivity index (χ0v) is 25.4. The van der Waals surface area contributed by atoms with Crippen molar-refractivity contribution in [3.05, 3.63) is 39.0 Å². The monoisotopic (exact) mass is 598 g/mol. The average Bonchev–Trinajstić information content (AvgIpc) is 3.43. The molecule has 3 aromatic heterocycles. The maximum absolute atomic E-state index is 13.3. The Balaban J connectivity index is 1.96. The molecule has 0 spiro atoms. The molecule has 40 heavy (non-hydrogen) atoms. The quantitative estimate of drug-likeness (QED) is 0.266. The molecule has 3 rings (SSSR count). The molecule has 3 aromatic rings. The zero-order chi connectivity index (χ0) is 29.7. The van der Waals surface area contributed by atoms with E-state index < -0.39 is 36.0 Å². The van der Waals surface area contributed by atoms with Gasteiger partial charge in [0.05, 0.1) is 29.7 Å². The first kappa shape index (κ1) is 31.6. The first-order valence-corrected chi connectivity index (χ1v) is 14.5. The molecule has 9 nitrogen and oxygen atoms in total. The summed E-state index contributed by atoms with van der Waals surface area (Å²) in [6.45, 7) is 9.64. The molecule has 0 aliphatic heterocycles. The van der Waals surface area contributed by atoms with E-state index in [4.69, 9.17) is 9.47 Å². The van der Waals surface area contributed by atoms with Gasteiger partial charge in [-0.15, -0.1) is 27.8 Å². The fourth-order valence-electron chi connectivity index (χ4n) is 3.78. The second kappa shape index (κ2) is 13.2. The fraction of sp³-hybridized carbons (Fsp3) is 0.556. The molecule has 0 aliphatic carbocycles. The number of rotatable bonds is 10. The second-order valence-corrected chi connectivity index (χ2v) is 13.3. The number of alkyl carbamates (subject to hydrolysis) is 1. The number of hydrogen-bond acceptors (Lipinski definition) is 9. The van der Waals surface area contributed by atoms with Gasteiger partial charge in [-0.05, 0) is 71.9 Å². The SMILES string of the molecule is Cc1c(CC(CCOC(F)F)NC(=O)OC(C)(C)C)sc2c(N(Cc3cccs3)C(=O)OC(C)(C)C)cnnc12. The van der Waals surface area contributed by atoms with Crippen LogP contribution in [0.1, 0.15) is 63.3 Å². The normalized spacial score (nSPS) is 12.9. The third-order valence-corrected chi connectivity index (χ3v) is 7.63. The summed E-state index contributed by atoms with van der Waals surface area (Å²) in [6, 6.07) is 3.30. The van der Waals surface area contributed by atoms with E-state index in [1.54, 1.807) is 46.4 Å². The van der Waals surface area contributed by atoms with E-state index in [0.29, 0.717) is 17.6 Å². The Morgan fingerprint density at radius 2 is 1.82 bits per heavy atom. The van der Waals surface area contributed by atoms with E-state index in [9.17, 15) is 18.4 Å². The Hall–Kier alpha value is -2.90. The molecule has 0 aliphatic rings. The number of nitrogens with one attached hydrogen (secondary N) is 1. The van der Waals surface area contributed by atoms with Gasteiger partial charge in [0.15, 0.2) is 0 Å². The third-order valence-electron chi connectivity index (χ3n) is 5.45. The van der Waals surface area contributed by atoms with Crippen molar-refractivity contribution < 1.29 is 32.6 Å².